The number of pyridine rings is 1. The molecule has 1 aromatic heterocycles. The molecule has 6 heteroatoms. The van der Waals surface area contributed by atoms with E-state index >= 15 is 0 Å². The smallest absolute Gasteiger partial charge is 0.326 e. The summed E-state index contributed by atoms with van der Waals surface area (Å²) in [5.74, 6) is -0.754. The molecular weight excluding hydrogens is 356 g/mol. The minimum absolute atomic E-state index is 0.162. The van der Waals surface area contributed by atoms with Crippen molar-refractivity contribution in [3.63, 3.8) is 0 Å². The van der Waals surface area contributed by atoms with Gasteiger partial charge in [-0.25, -0.2) is 4.79 Å². The first kappa shape index (κ1) is 18.5. The fourth-order valence-electron chi connectivity index (χ4n) is 4.10. The zero-order valence-electron chi connectivity index (χ0n) is 15.7. The van der Waals surface area contributed by atoms with Crippen LogP contribution in [0.4, 0.5) is 0 Å². The summed E-state index contributed by atoms with van der Waals surface area (Å²) in [4.78, 5) is 30.5. The van der Waals surface area contributed by atoms with Gasteiger partial charge in [-0.15, -0.1) is 0 Å². The summed E-state index contributed by atoms with van der Waals surface area (Å²) in [6.45, 7) is 0.277. The van der Waals surface area contributed by atoms with E-state index in [4.69, 9.17) is 4.74 Å². The second-order valence-electron chi connectivity index (χ2n) is 7.55. The minimum Gasteiger partial charge on any atom is -0.489 e. The molecule has 0 saturated heterocycles. The number of amides is 1. The second-order valence-corrected chi connectivity index (χ2v) is 7.55. The van der Waals surface area contributed by atoms with Gasteiger partial charge in [0.1, 0.15) is 11.8 Å². The van der Waals surface area contributed by atoms with Crippen LogP contribution in [0.3, 0.4) is 0 Å². The zero-order valence-corrected chi connectivity index (χ0v) is 15.7. The first-order valence-electron chi connectivity index (χ1n) is 9.84. The lowest BCUT2D eigenvalue weighted by molar-refractivity contribution is -0.142. The lowest BCUT2D eigenvalue weighted by Gasteiger charge is -2.34. The number of carbonyl (C=O) groups is 2. The molecule has 2 aromatic rings. The van der Waals surface area contributed by atoms with E-state index in [9.17, 15) is 14.7 Å². The van der Waals surface area contributed by atoms with E-state index < -0.39 is 12.0 Å². The molecule has 2 aliphatic rings. The summed E-state index contributed by atoms with van der Waals surface area (Å²) in [5.41, 5.74) is 2.32. The van der Waals surface area contributed by atoms with Gasteiger partial charge in [0.15, 0.2) is 0 Å². The zero-order chi connectivity index (χ0) is 19.5. The molecule has 1 saturated carbocycles. The van der Waals surface area contributed by atoms with Crippen LogP contribution in [0.5, 0.6) is 5.75 Å². The van der Waals surface area contributed by atoms with Gasteiger partial charge in [-0.3, -0.25) is 9.78 Å². The Morgan fingerprint density at radius 2 is 1.82 bits per heavy atom. The number of hydrogen-bond acceptors (Lipinski definition) is 4. The number of aromatic nitrogens is 1. The van der Waals surface area contributed by atoms with Crippen molar-refractivity contribution >= 4 is 11.9 Å². The topological polar surface area (TPSA) is 79.7 Å². The van der Waals surface area contributed by atoms with E-state index in [1.165, 1.54) is 17.5 Å². The Kier molecular flexibility index (Phi) is 5.28. The highest BCUT2D eigenvalue weighted by Gasteiger charge is 2.35. The Morgan fingerprint density at radius 1 is 1.07 bits per heavy atom. The van der Waals surface area contributed by atoms with Gasteiger partial charge in [-0.1, -0.05) is 30.7 Å². The molecule has 0 bridgehead atoms. The van der Waals surface area contributed by atoms with Crippen LogP contribution in [0.25, 0.3) is 0 Å². The van der Waals surface area contributed by atoms with Crippen molar-refractivity contribution in [3.8, 4) is 5.75 Å². The largest absolute Gasteiger partial charge is 0.489 e. The number of ether oxygens (including phenoxy) is 1. The fourth-order valence-corrected chi connectivity index (χ4v) is 4.10. The van der Waals surface area contributed by atoms with E-state index in [1.807, 2.05) is 24.3 Å². The molecule has 1 amide bonds. The van der Waals surface area contributed by atoms with Crippen LogP contribution >= 0.6 is 0 Å². The molecule has 1 N–H and O–H groups in total. The summed E-state index contributed by atoms with van der Waals surface area (Å²) in [6.07, 6.45) is 9.15. The summed E-state index contributed by atoms with van der Waals surface area (Å²) in [7, 11) is 0. The predicted molar refractivity (Wildman–Crippen MR) is 103 cm³/mol. The first-order valence-corrected chi connectivity index (χ1v) is 9.84. The molecule has 146 valence electrons. The number of rotatable bonds is 4. The lowest BCUT2D eigenvalue weighted by atomic mass is 9.93. The third-order valence-electron chi connectivity index (χ3n) is 5.61. The highest BCUT2D eigenvalue weighted by atomic mass is 16.5. The number of benzene rings is 1. The normalized spacial score (nSPS) is 19.7. The Morgan fingerprint density at radius 3 is 2.57 bits per heavy atom. The van der Waals surface area contributed by atoms with Crippen LogP contribution in [-0.4, -0.2) is 39.0 Å². The molecule has 0 unspecified atom stereocenters. The summed E-state index contributed by atoms with van der Waals surface area (Å²) >= 11 is 0. The molecule has 1 atom stereocenters. The van der Waals surface area contributed by atoms with Gasteiger partial charge in [0.2, 0.25) is 0 Å². The summed E-state index contributed by atoms with van der Waals surface area (Å²) < 4.78 is 6.01. The number of fused-ring (bicyclic) bond motifs is 1. The number of carboxylic acids is 1. The maximum absolute atomic E-state index is 13.1. The third-order valence-corrected chi connectivity index (χ3v) is 5.61. The van der Waals surface area contributed by atoms with Crippen molar-refractivity contribution in [1.82, 2.24) is 9.88 Å². The second kappa shape index (κ2) is 8.00. The molecule has 1 aliphatic carbocycles. The molecule has 28 heavy (non-hydrogen) atoms. The van der Waals surface area contributed by atoms with Gasteiger partial charge in [0.05, 0.1) is 17.9 Å². The van der Waals surface area contributed by atoms with Gasteiger partial charge >= 0.3 is 5.97 Å². The number of nitrogens with zero attached hydrogens (tertiary/aromatic N) is 2. The maximum atomic E-state index is 13.1. The van der Waals surface area contributed by atoms with Crippen LogP contribution in [-0.2, 0) is 17.8 Å². The van der Waals surface area contributed by atoms with Crippen molar-refractivity contribution in [3.05, 3.63) is 59.4 Å². The monoisotopic (exact) mass is 380 g/mol. The quantitative estimate of drug-likeness (QED) is 0.879. The predicted octanol–water partition coefficient (Wildman–Crippen LogP) is 3.44. The SMILES string of the molecule is O=C(O)[C@@H]1Cc2ccccc2CN1C(=O)c1cncc(OC2CCCCC2)c1. The van der Waals surface area contributed by atoms with Gasteiger partial charge in [0, 0.05) is 19.2 Å². The molecule has 0 radical (unpaired) electrons. The van der Waals surface area contributed by atoms with Crippen molar-refractivity contribution in [1.29, 1.82) is 0 Å². The molecule has 0 spiro atoms. The Hall–Kier alpha value is -2.89. The van der Waals surface area contributed by atoms with Crippen LogP contribution in [0, 0.1) is 0 Å². The lowest BCUT2D eigenvalue weighted by Crippen LogP contribution is -2.48. The average molecular weight is 380 g/mol. The molecule has 1 aromatic carbocycles. The van der Waals surface area contributed by atoms with Gasteiger partial charge in [-0.2, -0.15) is 0 Å². The van der Waals surface area contributed by atoms with Crippen molar-refractivity contribution < 1.29 is 19.4 Å². The number of aliphatic carboxylic acids is 1. The van der Waals surface area contributed by atoms with Crippen molar-refractivity contribution in [2.45, 2.75) is 57.2 Å². The van der Waals surface area contributed by atoms with E-state index in [1.54, 1.807) is 12.3 Å². The minimum atomic E-state index is -0.995. The van der Waals surface area contributed by atoms with Crippen molar-refractivity contribution in [2.75, 3.05) is 0 Å². The van der Waals surface area contributed by atoms with E-state index in [2.05, 4.69) is 4.98 Å². The molecule has 4 rings (SSSR count). The van der Waals surface area contributed by atoms with Crippen LogP contribution in [0.2, 0.25) is 0 Å². The highest BCUT2D eigenvalue weighted by molar-refractivity contribution is 5.97. The van der Waals surface area contributed by atoms with Crippen LogP contribution in [0.1, 0.15) is 53.6 Å². The molecular formula is C22H24N2O4. The average Bonchev–Trinajstić information content (AvgIpc) is 2.73. The number of carboxylic acid groups (broad SMARTS) is 1. The van der Waals surface area contributed by atoms with Gasteiger partial charge in [0.25, 0.3) is 5.91 Å². The third kappa shape index (κ3) is 3.86. The van der Waals surface area contributed by atoms with Crippen molar-refractivity contribution in [2.24, 2.45) is 0 Å². The van der Waals surface area contributed by atoms with E-state index in [-0.39, 0.29) is 18.6 Å². The maximum Gasteiger partial charge on any atom is 0.326 e. The van der Waals surface area contributed by atoms with Gasteiger partial charge < -0.3 is 14.7 Å². The van der Waals surface area contributed by atoms with Gasteiger partial charge in [-0.05, 0) is 42.9 Å². The first-order chi connectivity index (χ1) is 13.6. The van der Waals surface area contributed by atoms with E-state index in [0.717, 1.165) is 36.8 Å². The Balaban J connectivity index is 1.56. The Labute approximate surface area is 164 Å². The summed E-state index contributed by atoms with van der Waals surface area (Å²) in [5, 5.41) is 9.67. The number of hydrogen-bond donors (Lipinski definition) is 1. The molecule has 1 aliphatic heterocycles. The Bertz CT molecular complexity index is 876. The summed E-state index contributed by atoms with van der Waals surface area (Å²) in [6, 6.07) is 8.46. The number of carbonyl (C=O) groups excluding carboxylic acids is 1. The van der Waals surface area contributed by atoms with Crippen LogP contribution in [0.15, 0.2) is 42.7 Å². The van der Waals surface area contributed by atoms with Crippen LogP contribution < -0.4 is 4.74 Å². The highest BCUT2D eigenvalue weighted by Crippen LogP contribution is 2.27. The van der Waals surface area contributed by atoms with E-state index in [0.29, 0.717) is 17.7 Å². The molecule has 1 fully saturated rings. The standard InChI is InChI=1S/C22H24N2O4/c25-21(17-10-19(13-23-12-17)28-18-8-2-1-3-9-18)24-14-16-7-5-4-6-15(16)11-20(24)22(26)27/h4-7,10,12-13,18,20H,1-3,8-9,11,14H2,(H,26,27)/t20-/m0/s1. The fraction of sp³-hybridized carbons (Fsp3) is 0.409. The molecule has 6 nitrogen and oxygen atoms in total. The molecule has 2 heterocycles.